The molecule has 0 aliphatic rings. The molecule has 0 bridgehead atoms. The Morgan fingerprint density at radius 2 is 1.97 bits per heavy atom. The zero-order chi connectivity index (χ0) is 21.7. The van der Waals surface area contributed by atoms with Crippen molar-refractivity contribution >= 4 is 33.4 Å². The topological polar surface area (TPSA) is 105 Å². The third kappa shape index (κ3) is 5.61. The van der Waals surface area contributed by atoms with Gasteiger partial charge in [0.15, 0.2) is 0 Å². The lowest BCUT2D eigenvalue weighted by Crippen LogP contribution is -2.40. The number of thioether (sulfide) groups is 1. The summed E-state index contributed by atoms with van der Waals surface area (Å²) < 4.78 is 30.7. The number of sulfonamides is 1. The average Bonchev–Trinajstić information content (AvgIpc) is 3.19. The van der Waals surface area contributed by atoms with Crippen LogP contribution in [-0.4, -0.2) is 43.5 Å². The standard InChI is InChI=1S/C20H22N4O4S2/c1-14-6-4-7-15(10-14)20-22-19(28-23-20)12-21-18(25)13-24(30(3,26)27)16-8-5-9-17(11-16)29-2/h4-11H,12-13H2,1-3H3,(H,21,25). The lowest BCUT2D eigenvalue weighted by Gasteiger charge is -2.22. The Morgan fingerprint density at radius 3 is 2.67 bits per heavy atom. The molecule has 0 aliphatic heterocycles. The molecule has 2 aromatic carbocycles. The molecule has 0 saturated carbocycles. The highest BCUT2D eigenvalue weighted by Gasteiger charge is 2.21. The molecule has 30 heavy (non-hydrogen) atoms. The van der Waals surface area contributed by atoms with E-state index in [0.29, 0.717) is 11.5 Å². The van der Waals surface area contributed by atoms with Crippen LogP contribution >= 0.6 is 11.8 Å². The summed E-state index contributed by atoms with van der Waals surface area (Å²) >= 11 is 1.49. The van der Waals surface area contributed by atoms with Crippen LogP contribution in [0.25, 0.3) is 11.4 Å². The molecule has 0 radical (unpaired) electrons. The summed E-state index contributed by atoms with van der Waals surface area (Å²) in [5.74, 6) is 0.176. The molecule has 1 heterocycles. The minimum absolute atomic E-state index is 0.000102. The smallest absolute Gasteiger partial charge is 0.246 e. The fraction of sp³-hybridized carbons (Fsp3) is 0.250. The monoisotopic (exact) mass is 446 g/mol. The number of nitrogens with zero attached hydrogens (tertiary/aromatic N) is 3. The number of carbonyl (C=O) groups excluding carboxylic acids is 1. The van der Waals surface area contributed by atoms with Crippen molar-refractivity contribution in [3.63, 3.8) is 0 Å². The molecule has 8 nitrogen and oxygen atoms in total. The second-order valence-corrected chi connectivity index (χ2v) is 9.42. The van der Waals surface area contributed by atoms with Gasteiger partial charge in [-0.15, -0.1) is 11.8 Å². The van der Waals surface area contributed by atoms with Crippen LogP contribution in [0, 0.1) is 6.92 Å². The predicted octanol–water partition coefficient (Wildman–Crippen LogP) is 2.85. The summed E-state index contributed by atoms with van der Waals surface area (Å²) in [6, 6.07) is 14.7. The van der Waals surface area contributed by atoms with Crippen LogP contribution in [0.2, 0.25) is 0 Å². The number of benzene rings is 2. The molecule has 10 heteroatoms. The van der Waals surface area contributed by atoms with Gasteiger partial charge in [0.05, 0.1) is 18.5 Å². The van der Waals surface area contributed by atoms with Crippen LogP contribution in [-0.2, 0) is 21.4 Å². The van der Waals surface area contributed by atoms with Crippen LogP contribution in [0.5, 0.6) is 0 Å². The van der Waals surface area contributed by atoms with Gasteiger partial charge < -0.3 is 9.84 Å². The first-order valence-corrected chi connectivity index (χ1v) is 12.1. The van der Waals surface area contributed by atoms with Gasteiger partial charge in [0.1, 0.15) is 6.54 Å². The van der Waals surface area contributed by atoms with Gasteiger partial charge in [0, 0.05) is 10.5 Å². The number of anilines is 1. The number of aromatic nitrogens is 2. The first-order chi connectivity index (χ1) is 14.3. The van der Waals surface area contributed by atoms with Gasteiger partial charge in [-0.1, -0.05) is 35.0 Å². The van der Waals surface area contributed by atoms with E-state index in [9.17, 15) is 13.2 Å². The predicted molar refractivity (Wildman–Crippen MR) is 117 cm³/mol. The van der Waals surface area contributed by atoms with Crippen molar-refractivity contribution in [1.82, 2.24) is 15.5 Å². The van der Waals surface area contributed by atoms with Gasteiger partial charge in [-0.2, -0.15) is 4.98 Å². The second-order valence-electron chi connectivity index (χ2n) is 6.63. The van der Waals surface area contributed by atoms with Gasteiger partial charge >= 0.3 is 0 Å². The van der Waals surface area contributed by atoms with Gasteiger partial charge in [0.2, 0.25) is 27.6 Å². The van der Waals surface area contributed by atoms with Crippen LogP contribution in [0.15, 0.2) is 57.9 Å². The van der Waals surface area contributed by atoms with Gasteiger partial charge in [-0.05, 0) is 37.4 Å². The van der Waals surface area contributed by atoms with E-state index >= 15 is 0 Å². The molecule has 0 spiro atoms. The first kappa shape index (κ1) is 21.8. The van der Waals surface area contributed by atoms with Crippen molar-refractivity contribution in [1.29, 1.82) is 0 Å². The molecule has 1 amide bonds. The van der Waals surface area contributed by atoms with Crippen molar-refractivity contribution in [3.05, 3.63) is 60.0 Å². The van der Waals surface area contributed by atoms with Crippen LogP contribution in [0.1, 0.15) is 11.5 Å². The minimum Gasteiger partial charge on any atom is -0.345 e. The van der Waals surface area contributed by atoms with Crippen molar-refractivity contribution in [2.45, 2.75) is 18.4 Å². The van der Waals surface area contributed by atoms with Crippen molar-refractivity contribution in [2.75, 3.05) is 23.4 Å². The molecule has 1 N–H and O–H groups in total. The molecule has 0 atom stereocenters. The van der Waals surface area contributed by atoms with Gasteiger partial charge in [-0.3, -0.25) is 9.10 Å². The van der Waals surface area contributed by atoms with Crippen molar-refractivity contribution in [2.24, 2.45) is 0 Å². The molecule has 3 rings (SSSR count). The fourth-order valence-electron chi connectivity index (χ4n) is 2.75. The Balaban J connectivity index is 1.66. The summed E-state index contributed by atoms with van der Waals surface area (Å²) in [5.41, 5.74) is 2.31. The number of hydrogen-bond donors (Lipinski definition) is 1. The van der Waals surface area contributed by atoms with Crippen LogP contribution in [0.3, 0.4) is 0 Å². The average molecular weight is 447 g/mol. The molecule has 0 fully saturated rings. The van der Waals surface area contributed by atoms with E-state index < -0.39 is 15.9 Å². The lowest BCUT2D eigenvalue weighted by atomic mass is 10.1. The summed E-state index contributed by atoms with van der Waals surface area (Å²) in [7, 11) is -3.65. The Hall–Kier alpha value is -2.85. The maximum absolute atomic E-state index is 12.4. The molecular weight excluding hydrogens is 424 g/mol. The summed E-state index contributed by atoms with van der Waals surface area (Å²) in [6.45, 7) is 1.61. The quantitative estimate of drug-likeness (QED) is 0.530. The zero-order valence-electron chi connectivity index (χ0n) is 16.8. The third-order valence-electron chi connectivity index (χ3n) is 4.21. The highest BCUT2D eigenvalue weighted by molar-refractivity contribution is 7.98. The molecule has 1 aromatic heterocycles. The van der Waals surface area contributed by atoms with E-state index in [1.165, 1.54) is 11.8 Å². The van der Waals surface area contributed by atoms with E-state index in [0.717, 1.165) is 26.6 Å². The SMILES string of the molecule is CSc1cccc(N(CC(=O)NCc2nc(-c3cccc(C)c3)no2)S(C)(=O)=O)c1. The largest absolute Gasteiger partial charge is 0.345 e. The molecule has 0 saturated heterocycles. The van der Waals surface area contributed by atoms with Gasteiger partial charge in [0.25, 0.3) is 0 Å². The second kappa shape index (κ2) is 9.31. The third-order valence-corrected chi connectivity index (χ3v) is 6.08. The Kier molecular flexibility index (Phi) is 6.78. The maximum atomic E-state index is 12.4. The van der Waals surface area contributed by atoms with E-state index in [1.807, 2.05) is 43.5 Å². The zero-order valence-corrected chi connectivity index (χ0v) is 18.5. The summed E-state index contributed by atoms with van der Waals surface area (Å²) in [6.07, 6.45) is 2.96. The van der Waals surface area contributed by atoms with E-state index in [-0.39, 0.29) is 19.0 Å². The number of carbonyl (C=O) groups is 1. The highest BCUT2D eigenvalue weighted by atomic mass is 32.2. The van der Waals surface area contributed by atoms with Crippen LogP contribution in [0.4, 0.5) is 5.69 Å². The summed E-state index contributed by atoms with van der Waals surface area (Å²) in [5, 5.41) is 6.56. The Morgan fingerprint density at radius 1 is 1.20 bits per heavy atom. The Labute approximate surface area is 179 Å². The van der Waals surface area contributed by atoms with E-state index in [1.54, 1.807) is 18.2 Å². The normalized spacial score (nSPS) is 11.3. The molecule has 0 unspecified atom stereocenters. The number of aryl methyl sites for hydroxylation is 1. The lowest BCUT2D eigenvalue weighted by molar-refractivity contribution is -0.119. The number of hydrogen-bond acceptors (Lipinski definition) is 7. The molecule has 0 aliphatic carbocycles. The summed E-state index contributed by atoms with van der Waals surface area (Å²) in [4.78, 5) is 17.6. The minimum atomic E-state index is -3.65. The number of nitrogens with one attached hydrogen (secondary N) is 1. The van der Waals surface area contributed by atoms with Crippen LogP contribution < -0.4 is 9.62 Å². The number of rotatable bonds is 8. The maximum Gasteiger partial charge on any atom is 0.246 e. The van der Waals surface area contributed by atoms with Gasteiger partial charge in [-0.25, -0.2) is 8.42 Å². The van der Waals surface area contributed by atoms with Crippen molar-refractivity contribution in [3.8, 4) is 11.4 Å². The van der Waals surface area contributed by atoms with Crippen molar-refractivity contribution < 1.29 is 17.7 Å². The molecule has 3 aromatic rings. The van der Waals surface area contributed by atoms with E-state index in [4.69, 9.17) is 4.52 Å². The first-order valence-electron chi connectivity index (χ1n) is 9.04. The Bertz CT molecular complexity index is 1140. The molecular formula is C20H22N4O4S2. The highest BCUT2D eigenvalue weighted by Crippen LogP contribution is 2.24. The molecule has 158 valence electrons. The fourth-order valence-corrected chi connectivity index (χ4v) is 4.06. The number of amides is 1. The van der Waals surface area contributed by atoms with E-state index in [2.05, 4.69) is 15.5 Å².